The van der Waals surface area contributed by atoms with E-state index in [0.29, 0.717) is 25.4 Å². The van der Waals surface area contributed by atoms with Crippen molar-refractivity contribution in [2.75, 3.05) is 22.9 Å². The Morgan fingerprint density at radius 3 is 2.52 bits per heavy atom. The SMILES string of the molecule is CCCCN(C(=O)CSc1nnc(C(C)(C)C)o1)c1c(N)n(CC(C)C)c(=O)[nH]c1=O. The number of carbonyl (C=O) groups is 1. The fourth-order valence-electron chi connectivity index (χ4n) is 2.83. The molecule has 0 radical (unpaired) electrons. The summed E-state index contributed by atoms with van der Waals surface area (Å²) in [6.07, 6.45) is 1.49. The summed E-state index contributed by atoms with van der Waals surface area (Å²) in [6.45, 7) is 12.3. The lowest BCUT2D eigenvalue weighted by Gasteiger charge is -2.24. The molecule has 1 amide bonds. The quantitative estimate of drug-likeness (QED) is 0.553. The van der Waals surface area contributed by atoms with Crippen LogP contribution in [-0.2, 0) is 16.8 Å². The van der Waals surface area contributed by atoms with Gasteiger partial charge in [0.2, 0.25) is 11.8 Å². The van der Waals surface area contributed by atoms with E-state index < -0.39 is 11.2 Å². The van der Waals surface area contributed by atoms with Crippen LogP contribution in [0.4, 0.5) is 11.5 Å². The Balaban J connectivity index is 2.33. The molecule has 0 unspecified atom stereocenters. The molecule has 11 heteroatoms. The zero-order chi connectivity index (χ0) is 23.3. The Morgan fingerprint density at radius 2 is 1.97 bits per heavy atom. The molecule has 31 heavy (non-hydrogen) atoms. The normalized spacial score (nSPS) is 11.8. The number of nitrogen functional groups attached to an aromatic ring is 1. The van der Waals surface area contributed by atoms with Gasteiger partial charge in [-0.25, -0.2) is 4.79 Å². The van der Waals surface area contributed by atoms with E-state index in [1.165, 1.54) is 9.47 Å². The predicted octanol–water partition coefficient (Wildman–Crippen LogP) is 2.38. The van der Waals surface area contributed by atoms with Gasteiger partial charge in [0.1, 0.15) is 5.82 Å². The first kappa shape index (κ1) is 24.7. The van der Waals surface area contributed by atoms with Crippen molar-refractivity contribution < 1.29 is 9.21 Å². The van der Waals surface area contributed by atoms with Gasteiger partial charge in [-0.2, -0.15) is 0 Å². The number of H-pyrrole nitrogens is 1. The topological polar surface area (TPSA) is 140 Å². The number of thioether (sulfide) groups is 1. The van der Waals surface area contributed by atoms with E-state index >= 15 is 0 Å². The van der Waals surface area contributed by atoms with Crippen molar-refractivity contribution in [3.63, 3.8) is 0 Å². The van der Waals surface area contributed by atoms with Crippen LogP contribution in [0, 0.1) is 5.92 Å². The number of aromatic amines is 1. The Hall–Kier alpha value is -2.56. The molecule has 10 nitrogen and oxygen atoms in total. The molecule has 2 heterocycles. The van der Waals surface area contributed by atoms with Gasteiger partial charge in [0.15, 0.2) is 5.69 Å². The number of hydrogen-bond donors (Lipinski definition) is 2. The molecule has 3 N–H and O–H groups in total. The summed E-state index contributed by atoms with van der Waals surface area (Å²) in [5.41, 5.74) is 4.65. The molecule has 0 spiro atoms. The van der Waals surface area contributed by atoms with E-state index in [-0.39, 0.29) is 39.7 Å². The van der Waals surface area contributed by atoms with Crippen LogP contribution in [0.2, 0.25) is 0 Å². The van der Waals surface area contributed by atoms with E-state index in [2.05, 4.69) is 15.2 Å². The Morgan fingerprint density at radius 1 is 1.29 bits per heavy atom. The second-order valence-corrected chi connectivity index (χ2v) is 9.73. The third-order valence-corrected chi connectivity index (χ3v) is 5.24. The van der Waals surface area contributed by atoms with Crippen molar-refractivity contribution in [3.8, 4) is 0 Å². The van der Waals surface area contributed by atoms with Crippen molar-refractivity contribution >= 4 is 29.2 Å². The number of anilines is 2. The van der Waals surface area contributed by atoms with Gasteiger partial charge in [0.25, 0.3) is 10.8 Å². The van der Waals surface area contributed by atoms with Crippen molar-refractivity contribution in [1.29, 1.82) is 0 Å². The largest absolute Gasteiger partial charge is 0.415 e. The number of amides is 1. The van der Waals surface area contributed by atoms with E-state index in [1.807, 2.05) is 41.5 Å². The van der Waals surface area contributed by atoms with Crippen LogP contribution >= 0.6 is 11.8 Å². The highest BCUT2D eigenvalue weighted by Gasteiger charge is 2.26. The molecule has 2 rings (SSSR count). The summed E-state index contributed by atoms with van der Waals surface area (Å²) in [4.78, 5) is 41.6. The number of unbranched alkanes of at least 4 members (excludes halogenated alkanes) is 1. The molecule has 0 saturated carbocycles. The van der Waals surface area contributed by atoms with E-state index in [1.54, 1.807) is 0 Å². The summed E-state index contributed by atoms with van der Waals surface area (Å²) in [5.74, 6) is 0.249. The molecule has 0 bridgehead atoms. The molecule has 0 aliphatic carbocycles. The van der Waals surface area contributed by atoms with Crippen LogP contribution in [0.25, 0.3) is 0 Å². The summed E-state index contributed by atoms with van der Waals surface area (Å²) in [7, 11) is 0. The average molecular weight is 453 g/mol. The van der Waals surface area contributed by atoms with Gasteiger partial charge in [0, 0.05) is 18.5 Å². The Kier molecular flexibility index (Phi) is 8.10. The van der Waals surface area contributed by atoms with E-state index in [4.69, 9.17) is 10.2 Å². The lowest BCUT2D eigenvalue weighted by molar-refractivity contribution is -0.116. The molecular weight excluding hydrogens is 420 g/mol. The maximum atomic E-state index is 13.1. The minimum atomic E-state index is -0.676. The summed E-state index contributed by atoms with van der Waals surface area (Å²) < 4.78 is 6.92. The number of hydrogen-bond acceptors (Lipinski definition) is 8. The summed E-state index contributed by atoms with van der Waals surface area (Å²) >= 11 is 1.10. The van der Waals surface area contributed by atoms with Gasteiger partial charge in [-0.1, -0.05) is 59.7 Å². The van der Waals surface area contributed by atoms with Crippen LogP contribution in [0.1, 0.15) is 60.3 Å². The van der Waals surface area contributed by atoms with Crippen molar-refractivity contribution in [3.05, 3.63) is 26.7 Å². The number of nitrogens with two attached hydrogens (primary N) is 1. The third kappa shape index (κ3) is 6.22. The number of rotatable bonds is 9. The summed E-state index contributed by atoms with van der Waals surface area (Å²) in [5, 5.41) is 8.28. The Bertz CT molecular complexity index is 1020. The number of carbonyl (C=O) groups excluding carboxylic acids is 1. The smallest absolute Gasteiger partial charge is 0.330 e. The fraction of sp³-hybridized carbons (Fsp3) is 0.650. The molecule has 0 aliphatic rings. The van der Waals surface area contributed by atoms with Gasteiger partial charge in [0.05, 0.1) is 5.75 Å². The molecule has 0 atom stereocenters. The van der Waals surface area contributed by atoms with Crippen LogP contribution in [0.3, 0.4) is 0 Å². The highest BCUT2D eigenvalue weighted by molar-refractivity contribution is 7.99. The van der Waals surface area contributed by atoms with E-state index in [0.717, 1.165) is 18.2 Å². The monoisotopic (exact) mass is 452 g/mol. The first-order valence-corrected chi connectivity index (χ1v) is 11.3. The molecule has 0 aliphatic heterocycles. The van der Waals surface area contributed by atoms with Crippen LogP contribution in [0.5, 0.6) is 0 Å². The Labute approximate surface area is 185 Å². The second-order valence-electron chi connectivity index (χ2n) is 8.81. The van der Waals surface area contributed by atoms with E-state index in [9.17, 15) is 14.4 Å². The zero-order valence-electron chi connectivity index (χ0n) is 19.0. The number of nitrogens with zero attached hydrogens (tertiary/aromatic N) is 4. The standard InChI is InChI=1S/C20H32N6O4S/c1-7-8-9-25(13(27)11-31-19-24-23-17(30-19)20(4,5)6)14-15(21)26(10-12(2)3)18(29)22-16(14)28/h12H,7-11,21H2,1-6H3,(H,22,28,29). The summed E-state index contributed by atoms with van der Waals surface area (Å²) in [6, 6.07) is 0. The molecule has 0 fully saturated rings. The second kappa shape index (κ2) is 10.2. The average Bonchev–Trinajstić information content (AvgIpc) is 3.15. The predicted molar refractivity (Wildman–Crippen MR) is 122 cm³/mol. The van der Waals surface area contributed by atoms with Gasteiger partial charge >= 0.3 is 5.69 Å². The molecule has 0 saturated heterocycles. The lowest BCUT2D eigenvalue weighted by Crippen LogP contribution is -2.42. The maximum Gasteiger partial charge on any atom is 0.330 e. The van der Waals surface area contributed by atoms with Crippen molar-refractivity contribution in [2.24, 2.45) is 5.92 Å². The number of nitrogens with one attached hydrogen (secondary N) is 1. The van der Waals surface area contributed by atoms with Crippen molar-refractivity contribution in [1.82, 2.24) is 19.7 Å². The molecule has 172 valence electrons. The highest BCUT2D eigenvalue weighted by Crippen LogP contribution is 2.26. The molecule has 0 aromatic carbocycles. The number of aromatic nitrogens is 4. The lowest BCUT2D eigenvalue weighted by atomic mass is 9.97. The molecule has 2 aromatic rings. The van der Waals surface area contributed by atoms with Crippen LogP contribution in [0.15, 0.2) is 19.2 Å². The minimum Gasteiger partial charge on any atom is -0.415 e. The fourth-order valence-corrected chi connectivity index (χ4v) is 3.47. The van der Waals surface area contributed by atoms with Gasteiger partial charge in [-0.3, -0.25) is 19.1 Å². The van der Waals surface area contributed by atoms with Gasteiger partial charge in [-0.05, 0) is 12.3 Å². The molecule has 2 aromatic heterocycles. The van der Waals surface area contributed by atoms with Crippen LogP contribution in [-0.4, -0.2) is 38.0 Å². The molecular formula is C20H32N6O4S. The van der Waals surface area contributed by atoms with Gasteiger partial charge < -0.3 is 15.1 Å². The highest BCUT2D eigenvalue weighted by atomic mass is 32.2. The minimum absolute atomic E-state index is 0.000194. The maximum absolute atomic E-state index is 13.1. The first-order chi connectivity index (χ1) is 14.5. The third-order valence-electron chi connectivity index (χ3n) is 4.44. The first-order valence-electron chi connectivity index (χ1n) is 10.3. The van der Waals surface area contributed by atoms with Gasteiger partial charge in [-0.15, -0.1) is 10.2 Å². The van der Waals surface area contributed by atoms with Crippen LogP contribution < -0.4 is 21.9 Å². The zero-order valence-corrected chi connectivity index (χ0v) is 19.8. The van der Waals surface area contributed by atoms with Crippen molar-refractivity contribution in [2.45, 2.75) is 71.6 Å².